The minimum Gasteiger partial charge on any atom is -0.297 e. The second-order valence-corrected chi connectivity index (χ2v) is 8.57. The van der Waals surface area contributed by atoms with Gasteiger partial charge in [0.05, 0.1) is 5.02 Å². The molecular formula is C18H19ClN2O3S. The first-order valence-corrected chi connectivity index (χ1v) is 9.89. The van der Waals surface area contributed by atoms with Gasteiger partial charge in [-0.15, -0.1) is 0 Å². The Labute approximate surface area is 152 Å². The number of aromatic nitrogens is 1. The van der Waals surface area contributed by atoms with E-state index in [1.165, 1.54) is 29.8 Å². The van der Waals surface area contributed by atoms with Gasteiger partial charge < -0.3 is 0 Å². The van der Waals surface area contributed by atoms with Gasteiger partial charge in [0.1, 0.15) is 10.4 Å². The van der Waals surface area contributed by atoms with E-state index in [2.05, 4.69) is 4.98 Å². The van der Waals surface area contributed by atoms with Crippen LogP contribution >= 0.6 is 11.6 Å². The van der Waals surface area contributed by atoms with E-state index in [1.54, 1.807) is 0 Å². The standard InChI is InChI=1S/C18H19ClN2O3S/c1-21(25(23,24)16-11-15(19)12-20-13-16)18(10-6-5-9-17(18)22)14-7-3-2-4-8-14/h2-4,7-8,11-13H,5-6,9-10H2,1H3. The summed E-state index contributed by atoms with van der Waals surface area (Å²) >= 11 is 5.91. The number of carbonyl (C=O) groups is 1. The maximum atomic E-state index is 13.2. The van der Waals surface area contributed by atoms with E-state index >= 15 is 0 Å². The number of hydrogen-bond donors (Lipinski definition) is 0. The Balaban J connectivity index is 2.15. The largest absolute Gasteiger partial charge is 0.297 e. The highest BCUT2D eigenvalue weighted by Crippen LogP contribution is 2.41. The average molecular weight is 379 g/mol. The van der Waals surface area contributed by atoms with Gasteiger partial charge in [0, 0.05) is 25.9 Å². The predicted molar refractivity (Wildman–Crippen MR) is 95.8 cm³/mol. The Morgan fingerprint density at radius 3 is 2.52 bits per heavy atom. The van der Waals surface area contributed by atoms with Crippen molar-refractivity contribution in [2.24, 2.45) is 0 Å². The van der Waals surface area contributed by atoms with Crippen molar-refractivity contribution in [3.05, 3.63) is 59.4 Å². The van der Waals surface area contributed by atoms with Gasteiger partial charge in [-0.25, -0.2) is 8.42 Å². The molecule has 2 aromatic rings. The molecule has 1 fully saturated rings. The van der Waals surface area contributed by atoms with Gasteiger partial charge in [0.2, 0.25) is 10.0 Å². The molecule has 0 aliphatic heterocycles. The first-order chi connectivity index (χ1) is 11.9. The fourth-order valence-electron chi connectivity index (χ4n) is 3.44. The van der Waals surface area contributed by atoms with E-state index in [0.29, 0.717) is 18.4 Å². The maximum absolute atomic E-state index is 13.2. The molecule has 3 rings (SSSR count). The van der Waals surface area contributed by atoms with Gasteiger partial charge in [-0.3, -0.25) is 9.78 Å². The van der Waals surface area contributed by atoms with Crippen LogP contribution in [0.1, 0.15) is 31.2 Å². The van der Waals surface area contributed by atoms with E-state index in [-0.39, 0.29) is 15.7 Å². The Bertz CT molecular complexity index is 886. The van der Waals surface area contributed by atoms with Gasteiger partial charge in [-0.1, -0.05) is 48.4 Å². The number of Topliss-reactive ketones (excluding diaryl/α,β-unsaturated/α-hetero) is 1. The molecule has 25 heavy (non-hydrogen) atoms. The van der Waals surface area contributed by atoms with Crippen LogP contribution in [-0.4, -0.2) is 30.5 Å². The molecule has 0 amide bonds. The predicted octanol–water partition coefficient (Wildman–Crippen LogP) is 3.39. The fraction of sp³-hybridized carbons (Fsp3) is 0.333. The second kappa shape index (κ2) is 6.86. The van der Waals surface area contributed by atoms with Crippen LogP contribution in [0.3, 0.4) is 0 Å². The molecule has 1 unspecified atom stereocenters. The third-order valence-corrected chi connectivity index (χ3v) is 6.84. The lowest BCUT2D eigenvalue weighted by Gasteiger charge is -2.42. The van der Waals surface area contributed by atoms with Gasteiger partial charge in [0.25, 0.3) is 0 Å². The van der Waals surface area contributed by atoms with Crippen molar-refractivity contribution in [3.8, 4) is 0 Å². The van der Waals surface area contributed by atoms with Crippen LogP contribution in [0.15, 0.2) is 53.7 Å². The smallest absolute Gasteiger partial charge is 0.245 e. The third-order valence-electron chi connectivity index (χ3n) is 4.78. The fourth-order valence-corrected chi connectivity index (χ4v) is 5.18. The molecule has 5 nitrogen and oxygen atoms in total. The molecule has 0 N–H and O–H groups in total. The topological polar surface area (TPSA) is 67.3 Å². The van der Waals surface area contributed by atoms with Crippen LogP contribution in [0.2, 0.25) is 5.02 Å². The molecule has 0 bridgehead atoms. The van der Waals surface area contributed by atoms with E-state index in [4.69, 9.17) is 11.6 Å². The van der Waals surface area contributed by atoms with Crippen LogP contribution in [0.4, 0.5) is 0 Å². The molecule has 132 valence electrons. The Morgan fingerprint density at radius 1 is 1.16 bits per heavy atom. The lowest BCUT2D eigenvalue weighted by atomic mass is 9.75. The minimum atomic E-state index is -3.94. The van der Waals surface area contributed by atoms with Gasteiger partial charge in [-0.2, -0.15) is 4.31 Å². The van der Waals surface area contributed by atoms with Crippen molar-refractivity contribution < 1.29 is 13.2 Å². The first kappa shape index (κ1) is 18.0. The number of hydrogen-bond acceptors (Lipinski definition) is 4. The third kappa shape index (κ3) is 3.10. The summed E-state index contributed by atoms with van der Waals surface area (Å²) in [7, 11) is -2.47. The number of pyridine rings is 1. The molecule has 1 aromatic carbocycles. The normalized spacial score (nSPS) is 21.5. The van der Waals surface area contributed by atoms with Crippen LogP contribution in [-0.2, 0) is 20.4 Å². The number of nitrogens with zero attached hydrogens (tertiary/aromatic N) is 2. The van der Waals surface area contributed by atoms with Crippen molar-refractivity contribution in [2.75, 3.05) is 7.05 Å². The Hall–Kier alpha value is -1.76. The lowest BCUT2D eigenvalue weighted by molar-refractivity contribution is -0.131. The zero-order valence-corrected chi connectivity index (χ0v) is 15.4. The van der Waals surface area contributed by atoms with E-state index in [0.717, 1.165) is 12.8 Å². The molecule has 7 heteroatoms. The summed E-state index contributed by atoms with van der Waals surface area (Å²) < 4.78 is 27.6. The van der Waals surface area contributed by atoms with Crippen molar-refractivity contribution >= 4 is 27.4 Å². The van der Waals surface area contributed by atoms with Crippen molar-refractivity contribution in [1.29, 1.82) is 0 Å². The average Bonchev–Trinajstić information content (AvgIpc) is 2.62. The number of sulfonamides is 1. The van der Waals surface area contributed by atoms with E-state index in [1.807, 2.05) is 30.3 Å². The Kier molecular flexibility index (Phi) is 4.95. The van der Waals surface area contributed by atoms with E-state index < -0.39 is 15.6 Å². The highest BCUT2D eigenvalue weighted by Gasteiger charge is 2.49. The molecule has 1 saturated carbocycles. The van der Waals surface area contributed by atoms with Gasteiger partial charge >= 0.3 is 0 Å². The summed E-state index contributed by atoms with van der Waals surface area (Å²) in [4.78, 5) is 16.8. The van der Waals surface area contributed by atoms with Gasteiger partial charge in [0.15, 0.2) is 5.78 Å². The second-order valence-electron chi connectivity index (χ2n) is 6.17. The van der Waals surface area contributed by atoms with Crippen LogP contribution < -0.4 is 0 Å². The summed E-state index contributed by atoms with van der Waals surface area (Å²) in [5.74, 6) is -0.0778. The zero-order valence-electron chi connectivity index (χ0n) is 13.9. The van der Waals surface area contributed by atoms with Crippen molar-refractivity contribution in [2.45, 2.75) is 36.1 Å². The van der Waals surface area contributed by atoms with Crippen LogP contribution in [0.25, 0.3) is 0 Å². The summed E-state index contributed by atoms with van der Waals surface area (Å²) in [6.45, 7) is 0. The molecule has 1 aliphatic carbocycles. The molecule has 1 aromatic heterocycles. The van der Waals surface area contributed by atoms with Gasteiger partial charge in [-0.05, 0) is 24.5 Å². The number of rotatable bonds is 4. The van der Waals surface area contributed by atoms with Crippen molar-refractivity contribution in [1.82, 2.24) is 9.29 Å². The SMILES string of the molecule is CN(C1(c2ccccc2)CCCCC1=O)S(=O)(=O)c1cncc(Cl)c1. The molecule has 1 aliphatic rings. The summed E-state index contributed by atoms with van der Waals surface area (Å²) in [6, 6.07) is 10.5. The number of halogens is 1. The highest BCUT2D eigenvalue weighted by molar-refractivity contribution is 7.89. The zero-order chi connectivity index (χ0) is 18.1. The monoisotopic (exact) mass is 378 g/mol. The molecule has 1 heterocycles. The highest BCUT2D eigenvalue weighted by atomic mass is 35.5. The number of ketones is 1. The molecular weight excluding hydrogens is 360 g/mol. The quantitative estimate of drug-likeness (QED) is 0.817. The summed E-state index contributed by atoms with van der Waals surface area (Å²) in [5, 5.41) is 0.234. The molecule has 0 radical (unpaired) electrons. The number of carbonyl (C=O) groups excluding carboxylic acids is 1. The first-order valence-electron chi connectivity index (χ1n) is 8.07. The number of benzene rings is 1. The van der Waals surface area contributed by atoms with Crippen LogP contribution in [0, 0.1) is 0 Å². The lowest BCUT2D eigenvalue weighted by Crippen LogP contribution is -2.54. The number of likely N-dealkylation sites (N-methyl/N-ethyl adjacent to an activating group) is 1. The molecule has 1 atom stereocenters. The maximum Gasteiger partial charge on any atom is 0.245 e. The summed E-state index contributed by atoms with van der Waals surface area (Å²) in [5.41, 5.74) is -0.499. The van der Waals surface area contributed by atoms with E-state index in [9.17, 15) is 13.2 Å². The Morgan fingerprint density at radius 2 is 1.88 bits per heavy atom. The minimum absolute atomic E-state index is 0.0174. The van der Waals surface area contributed by atoms with Crippen molar-refractivity contribution in [3.63, 3.8) is 0 Å². The summed E-state index contributed by atoms with van der Waals surface area (Å²) in [6.07, 6.45) is 5.01. The molecule has 0 saturated heterocycles. The van der Waals surface area contributed by atoms with Crippen LogP contribution in [0.5, 0.6) is 0 Å². The molecule has 0 spiro atoms.